The Morgan fingerprint density at radius 1 is 1.29 bits per heavy atom. The van der Waals surface area contributed by atoms with Crippen molar-refractivity contribution in [3.63, 3.8) is 0 Å². The maximum atomic E-state index is 13.3. The van der Waals surface area contributed by atoms with E-state index in [0.29, 0.717) is 36.8 Å². The Hall–Kier alpha value is -2.46. The number of benzene rings is 1. The Balaban J connectivity index is 1.71. The van der Waals surface area contributed by atoms with Crippen molar-refractivity contribution in [2.24, 2.45) is 4.99 Å². The highest BCUT2D eigenvalue weighted by Crippen LogP contribution is 2.41. The number of alkyl halides is 2. The van der Waals surface area contributed by atoms with Crippen molar-refractivity contribution in [1.29, 1.82) is 0 Å². The van der Waals surface area contributed by atoms with Gasteiger partial charge in [-0.15, -0.1) is 8.78 Å². The van der Waals surface area contributed by atoms with Gasteiger partial charge >= 0.3 is 12.3 Å². The zero-order valence-corrected chi connectivity index (χ0v) is 16.0. The van der Waals surface area contributed by atoms with Crippen molar-refractivity contribution in [1.82, 2.24) is 9.47 Å². The Morgan fingerprint density at radius 3 is 2.79 bits per heavy atom. The summed E-state index contributed by atoms with van der Waals surface area (Å²) < 4.78 is 42.7. The molecule has 2 aromatic rings. The highest BCUT2D eigenvalue weighted by Gasteiger charge is 2.43. The van der Waals surface area contributed by atoms with E-state index in [-0.39, 0.29) is 17.5 Å². The number of fused-ring (bicyclic) bond motifs is 1. The minimum absolute atomic E-state index is 0.0363. The van der Waals surface area contributed by atoms with E-state index in [1.807, 2.05) is 6.92 Å². The number of likely N-dealkylation sites (tertiary alicyclic amines) is 1. The summed E-state index contributed by atoms with van der Waals surface area (Å²) >= 11 is 1.32. The first-order valence-corrected chi connectivity index (χ1v) is 9.80. The molecule has 1 saturated heterocycles. The van der Waals surface area contributed by atoms with Gasteiger partial charge in [0.1, 0.15) is 0 Å². The third-order valence-corrected chi connectivity index (χ3v) is 5.34. The second-order valence-electron chi connectivity index (χ2n) is 6.37. The van der Waals surface area contributed by atoms with E-state index >= 15 is 0 Å². The van der Waals surface area contributed by atoms with Gasteiger partial charge in [-0.25, -0.2) is 4.79 Å². The quantitative estimate of drug-likeness (QED) is 0.772. The first-order valence-electron chi connectivity index (χ1n) is 8.98. The Morgan fingerprint density at radius 2 is 2.04 bits per heavy atom. The van der Waals surface area contributed by atoms with Crippen LogP contribution in [-0.2, 0) is 11.3 Å². The minimum Gasteiger partial charge on any atom is -0.395 e. The predicted octanol–water partition coefficient (Wildman–Crippen LogP) is 3.51. The van der Waals surface area contributed by atoms with Crippen LogP contribution in [0.15, 0.2) is 29.4 Å². The van der Waals surface area contributed by atoms with Crippen LogP contribution >= 0.6 is 11.3 Å². The van der Waals surface area contributed by atoms with Gasteiger partial charge in [-0.2, -0.15) is 4.99 Å². The topological polar surface area (TPSA) is 65.3 Å². The largest absolute Gasteiger partial charge is 0.586 e. The van der Waals surface area contributed by atoms with E-state index in [4.69, 9.17) is 4.74 Å². The summed E-state index contributed by atoms with van der Waals surface area (Å²) in [5, 5.41) is 0. The number of nitrogens with zero attached hydrogens (tertiary/aromatic N) is 3. The number of hydrogen-bond donors (Lipinski definition) is 0. The first-order chi connectivity index (χ1) is 13.4. The lowest BCUT2D eigenvalue weighted by Gasteiger charge is -2.10. The molecule has 0 saturated carbocycles. The number of ether oxygens (including phenoxy) is 3. The molecule has 0 radical (unpaired) electrons. The van der Waals surface area contributed by atoms with Crippen LogP contribution in [0.1, 0.15) is 24.6 Å². The number of aromatic nitrogens is 1. The third-order valence-electron chi connectivity index (χ3n) is 4.38. The monoisotopic (exact) mass is 411 g/mol. The lowest BCUT2D eigenvalue weighted by molar-refractivity contribution is -0.286. The zero-order chi connectivity index (χ0) is 19.7. The third kappa shape index (κ3) is 3.88. The van der Waals surface area contributed by atoms with Crippen LogP contribution in [0.3, 0.4) is 0 Å². The lowest BCUT2D eigenvalue weighted by Crippen LogP contribution is -2.27. The maximum absolute atomic E-state index is 13.3. The first kappa shape index (κ1) is 18.9. The number of carbonyl (C=O) groups is 1. The minimum atomic E-state index is -3.68. The average molecular weight is 411 g/mol. The van der Waals surface area contributed by atoms with Crippen molar-refractivity contribution in [3.05, 3.63) is 34.1 Å². The normalized spacial score (nSPS) is 18.1. The number of carbonyl (C=O) groups excluding carboxylic acids is 1. The molecule has 0 aliphatic carbocycles. The summed E-state index contributed by atoms with van der Waals surface area (Å²) in [6.45, 7) is 4.20. The number of urea groups is 1. The van der Waals surface area contributed by atoms with Crippen LogP contribution in [0.25, 0.3) is 5.69 Å². The molecule has 150 valence electrons. The molecule has 1 aromatic carbocycles. The smallest absolute Gasteiger partial charge is 0.395 e. The van der Waals surface area contributed by atoms with Crippen molar-refractivity contribution in [2.75, 3.05) is 19.7 Å². The Labute approximate surface area is 163 Å². The predicted molar refractivity (Wildman–Crippen MR) is 96.9 cm³/mol. The molecule has 2 amide bonds. The van der Waals surface area contributed by atoms with E-state index in [1.165, 1.54) is 23.5 Å². The zero-order valence-electron chi connectivity index (χ0n) is 15.2. The number of halogens is 2. The fourth-order valence-corrected chi connectivity index (χ4v) is 3.99. The molecule has 0 bridgehead atoms. The number of rotatable bonds is 4. The van der Waals surface area contributed by atoms with Gasteiger partial charge in [0.25, 0.3) is 0 Å². The van der Waals surface area contributed by atoms with Crippen molar-refractivity contribution < 1.29 is 27.8 Å². The molecule has 0 unspecified atom stereocenters. The summed E-state index contributed by atoms with van der Waals surface area (Å²) in [5.41, 5.74) is 0.534. The van der Waals surface area contributed by atoms with Gasteiger partial charge in [-0.3, -0.25) is 4.57 Å². The lowest BCUT2D eigenvalue weighted by atomic mass is 10.3. The van der Waals surface area contributed by atoms with Gasteiger partial charge in [-0.1, -0.05) is 11.3 Å². The molecule has 1 aromatic heterocycles. The van der Waals surface area contributed by atoms with Crippen molar-refractivity contribution >= 4 is 17.4 Å². The molecule has 1 fully saturated rings. The standard InChI is InChI=1S/C18H19F2N3O4S/c1-2-25-11-13-10-23(17(28-13)21-16(24)22-7-3-4-8-22)12-5-6-14-15(9-12)27-18(19,20)26-14/h5-6,9-10H,2-4,7-8,11H2,1H3/b21-17-. The summed E-state index contributed by atoms with van der Waals surface area (Å²) in [6.07, 6.45) is 0.0424. The van der Waals surface area contributed by atoms with Crippen LogP contribution < -0.4 is 14.3 Å². The van der Waals surface area contributed by atoms with Gasteiger partial charge in [0, 0.05) is 32.0 Å². The van der Waals surface area contributed by atoms with E-state index in [2.05, 4.69) is 14.5 Å². The van der Waals surface area contributed by atoms with Gasteiger partial charge in [0.05, 0.1) is 17.2 Å². The van der Waals surface area contributed by atoms with E-state index in [1.54, 1.807) is 21.7 Å². The molecule has 0 atom stereocenters. The molecule has 28 heavy (non-hydrogen) atoms. The molecule has 4 rings (SSSR count). The van der Waals surface area contributed by atoms with Crippen LogP contribution in [0.5, 0.6) is 11.5 Å². The highest BCUT2D eigenvalue weighted by molar-refractivity contribution is 7.09. The Bertz CT molecular complexity index is 951. The molecule has 7 nitrogen and oxygen atoms in total. The van der Waals surface area contributed by atoms with Crippen LogP contribution in [0.2, 0.25) is 0 Å². The second kappa shape index (κ2) is 7.51. The van der Waals surface area contributed by atoms with Crippen molar-refractivity contribution in [3.8, 4) is 17.2 Å². The number of thiazole rings is 1. The molecule has 0 N–H and O–H groups in total. The molecule has 2 aliphatic heterocycles. The SMILES string of the molecule is CCOCc1cn(-c2ccc3c(c2)OC(F)(F)O3)/c(=N/C(=O)N2CCCC2)s1. The molecule has 2 aliphatic rings. The van der Waals surface area contributed by atoms with E-state index < -0.39 is 6.29 Å². The number of amides is 2. The van der Waals surface area contributed by atoms with E-state index in [0.717, 1.165) is 17.7 Å². The Kier molecular flexibility index (Phi) is 5.07. The molecule has 3 heterocycles. The fraction of sp³-hybridized carbons (Fsp3) is 0.444. The van der Waals surface area contributed by atoms with Crippen molar-refractivity contribution in [2.45, 2.75) is 32.7 Å². The van der Waals surface area contributed by atoms with Gasteiger partial charge < -0.3 is 19.1 Å². The molecule has 0 spiro atoms. The van der Waals surface area contributed by atoms with Gasteiger partial charge in [-0.05, 0) is 31.9 Å². The maximum Gasteiger partial charge on any atom is 0.586 e. The van der Waals surface area contributed by atoms with Crippen LogP contribution in [-0.4, -0.2) is 41.5 Å². The van der Waals surface area contributed by atoms with Crippen LogP contribution in [0, 0.1) is 0 Å². The van der Waals surface area contributed by atoms with Gasteiger partial charge in [0.2, 0.25) is 0 Å². The summed E-state index contributed by atoms with van der Waals surface area (Å²) in [6, 6.07) is 4.15. The van der Waals surface area contributed by atoms with E-state index in [9.17, 15) is 13.6 Å². The molecular weight excluding hydrogens is 392 g/mol. The number of hydrogen-bond acceptors (Lipinski definition) is 5. The summed E-state index contributed by atoms with van der Waals surface area (Å²) in [4.78, 5) is 19.7. The summed E-state index contributed by atoms with van der Waals surface area (Å²) in [7, 11) is 0. The summed E-state index contributed by atoms with van der Waals surface area (Å²) in [5.74, 6) is -0.102. The molecular formula is C18H19F2N3O4S. The fourth-order valence-electron chi connectivity index (χ4n) is 3.07. The highest BCUT2D eigenvalue weighted by atomic mass is 32.1. The second-order valence-corrected chi connectivity index (χ2v) is 7.47. The van der Waals surface area contributed by atoms with Crippen LogP contribution in [0.4, 0.5) is 13.6 Å². The van der Waals surface area contributed by atoms with Gasteiger partial charge in [0.15, 0.2) is 16.3 Å². The average Bonchev–Trinajstić information content (AvgIpc) is 3.36. The molecule has 10 heteroatoms.